The van der Waals surface area contributed by atoms with E-state index in [0.717, 1.165) is 11.3 Å². The van der Waals surface area contributed by atoms with Gasteiger partial charge in [0, 0.05) is 6.54 Å². The normalized spacial score (nSPS) is 10.0. The minimum absolute atomic E-state index is 0.234. The van der Waals surface area contributed by atoms with Gasteiger partial charge in [0.15, 0.2) is 5.75 Å². The summed E-state index contributed by atoms with van der Waals surface area (Å²) in [6.45, 7) is 0.397. The van der Waals surface area contributed by atoms with Crippen LogP contribution in [0, 0.1) is 0 Å². The lowest BCUT2D eigenvalue weighted by atomic mass is 10.1. The Kier molecular flexibility index (Phi) is 4.66. The number of nitrogens with one attached hydrogen (secondary N) is 1. The van der Waals surface area contributed by atoms with Gasteiger partial charge in [-0.05, 0) is 29.8 Å². The van der Waals surface area contributed by atoms with E-state index in [1.807, 2.05) is 24.3 Å². The molecule has 0 atom stereocenters. The summed E-state index contributed by atoms with van der Waals surface area (Å²) in [6, 6.07) is 12.6. The predicted octanol–water partition coefficient (Wildman–Crippen LogP) is 2.22. The first kappa shape index (κ1) is 14.7. The van der Waals surface area contributed by atoms with E-state index in [9.17, 15) is 4.79 Å². The summed E-state index contributed by atoms with van der Waals surface area (Å²) in [4.78, 5) is 12.2. The van der Waals surface area contributed by atoms with Crippen LogP contribution in [0.5, 0.6) is 11.5 Å². The Morgan fingerprint density at radius 3 is 2.62 bits per heavy atom. The minimum Gasteiger partial charge on any atom is -0.497 e. The fourth-order valence-corrected chi connectivity index (χ4v) is 2.02. The number of amides is 1. The Morgan fingerprint density at radius 2 is 1.90 bits per heavy atom. The molecule has 0 aromatic heterocycles. The standard InChI is InChI=1S/C16H18N2O3/c1-20-12-6-3-5-11(9-12)10-18-16(19)13-7-4-8-14(17)15(13)21-2/h3-9H,10,17H2,1-2H3,(H,18,19). The van der Waals surface area contributed by atoms with Gasteiger partial charge in [-0.1, -0.05) is 18.2 Å². The first-order valence-electron chi connectivity index (χ1n) is 6.49. The van der Waals surface area contributed by atoms with Gasteiger partial charge in [-0.25, -0.2) is 0 Å². The SMILES string of the molecule is COc1cccc(CNC(=O)c2cccc(N)c2OC)c1. The van der Waals surface area contributed by atoms with Crippen LogP contribution in [0.4, 0.5) is 5.69 Å². The molecule has 2 aromatic carbocycles. The molecule has 0 aliphatic carbocycles. The number of nitrogens with two attached hydrogens (primary N) is 1. The van der Waals surface area contributed by atoms with E-state index in [4.69, 9.17) is 15.2 Å². The Balaban J connectivity index is 2.10. The molecule has 0 heterocycles. The second-order valence-corrected chi connectivity index (χ2v) is 4.46. The largest absolute Gasteiger partial charge is 0.497 e. The van der Waals surface area contributed by atoms with Gasteiger partial charge in [-0.3, -0.25) is 4.79 Å². The molecule has 0 radical (unpaired) electrons. The number of methoxy groups -OCH3 is 2. The van der Waals surface area contributed by atoms with E-state index < -0.39 is 0 Å². The summed E-state index contributed by atoms with van der Waals surface area (Å²) in [5, 5.41) is 2.84. The number of carbonyl (C=O) groups is 1. The average molecular weight is 286 g/mol. The van der Waals surface area contributed by atoms with Crippen molar-refractivity contribution in [2.24, 2.45) is 0 Å². The predicted molar refractivity (Wildman–Crippen MR) is 81.6 cm³/mol. The number of rotatable bonds is 5. The molecule has 0 saturated carbocycles. The monoisotopic (exact) mass is 286 g/mol. The van der Waals surface area contributed by atoms with Crippen molar-refractivity contribution < 1.29 is 14.3 Å². The van der Waals surface area contributed by atoms with Gasteiger partial charge in [-0.2, -0.15) is 0 Å². The van der Waals surface area contributed by atoms with Gasteiger partial charge >= 0.3 is 0 Å². The van der Waals surface area contributed by atoms with E-state index in [0.29, 0.717) is 23.5 Å². The van der Waals surface area contributed by atoms with Gasteiger partial charge in [0.1, 0.15) is 5.75 Å². The third-order valence-corrected chi connectivity index (χ3v) is 3.08. The lowest BCUT2D eigenvalue weighted by Gasteiger charge is -2.11. The van der Waals surface area contributed by atoms with Crippen molar-refractivity contribution in [1.82, 2.24) is 5.32 Å². The van der Waals surface area contributed by atoms with Crippen molar-refractivity contribution in [3.05, 3.63) is 53.6 Å². The highest BCUT2D eigenvalue weighted by Gasteiger charge is 2.14. The van der Waals surface area contributed by atoms with Crippen molar-refractivity contribution in [1.29, 1.82) is 0 Å². The summed E-state index contributed by atoms with van der Waals surface area (Å²) in [7, 11) is 3.10. The molecule has 0 aliphatic heterocycles. The first-order chi connectivity index (χ1) is 10.2. The zero-order valence-electron chi connectivity index (χ0n) is 12.1. The highest BCUT2D eigenvalue weighted by atomic mass is 16.5. The number of benzene rings is 2. The van der Waals surface area contributed by atoms with Crippen molar-refractivity contribution >= 4 is 11.6 Å². The maximum atomic E-state index is 12.2. The maximum Gasteiger partial charge on any atom is 0.255 e. The summed E-state index contributed by atoms with van der Waals surface area (Å²) in [5.74, 6) is 0.908. The molecule has 2 rings (SSSR count). The van der Waals surface area contributed by atoms with Crippen LogP contribution in [0.25, 0.3) is 0 Å². The third kappa shape index (κ3) is 3.45. The van der Waals surface area contributed by atoms with Crippen LogP contribution in [-0.4, -0.2) is 20.1 Å². The number of ether oxygens (including phenoxy) is 2. The van der Waals surface area contributed by atoms with Crippen molar-refractivity contribution in [3.8, 4) is 11.5 Å². The fourth-order valence-electron chi connectivity index (χ4n) is 2.02. The molecule has 1 amide bonds. The van der Waals surface area contributed by atoms with Crippen molar-refractivity contribution in [2.75, 3.05) is 20.0 Å². The molecule has 0 bridgehead atoms. The molecule has 0 unspecified atom stereocenters. The summed E-state index contributed by atoms with van der Waals surface area (Å²) in [5.41, 5.74) is 7.60. The van der Waals surface area contributed by atoms with Crippen molar-refractivity contribution in [2.45, 2.75) is 6.54 Å². The second-order valence-electron chi connectivity index (χ2n) is 4.46. The topological polar surface area (TPSA) is 73.6 Å². The molecule has 5 nitrogen and oxygen atoms in total. The third-order valence-electron chi connectivity index (χ3n) is 3.08. The Bertz CT molecular complexity index is 641. The molecular weight excluding hydrogens is 268 g/mol. The van der Waals surface area contributed by atoms with E-state index in [2.05, 4.69) is 5.32 Å². The Morgan fingerprint density at radius 1 is 1.14 bits per heavy atom. The smallest absolute Gasteiger partial charge is 0.255 e. The van der Waals surface area contributed by atoms with E-state index in [1.165, 1.54) is 7.11 Å². The van der Waals surface area contributed by atoms with Crippen LogP contribution in [0.2, 0.25) is 0 Å². The lowest BCUT2D eigenvalue weighted by Crippen LogP contribution is -2.23. The Labute approximate surface area is 123 Å². The number of hydrogen-bond acceptors (Lipinski definition) is 4. The molecule has 5 heteroatoms. The summed E-state index contributed by atoms with van der Waals surface area (Å²) in [6.07, 6.45) is 0. The van der Waals surface area contributed by atoms with E-state index in [1.54, 1.807) is 25.3 Å². The zero-order valence-corrected chi connectivity index (χ0v) is 12.1. The van der Waals surface area contributed by atoms with Crippen LogP contribution in [-0.2, 0) is 6.54 Å². The molecule has 3 N–H and O–H groups in total. The van der Waals surface area contributed by atoms with Gasteiger partial charge in [-0.15, -0.1) is 0 Å². The lowest BCUT2D eigenvalue weighted by molar-refractivity contribution is 0.0948. The number of carbonyl (C=O) groups excluding carboxylic acids is 1. The van der Waals surface area contributed by atoms with Crippen LogP contribution >= 0.6 is 0 Å². The second kappa shape index (κ2) is 6.65. The van der Waals surface area contributed by atoms with Gasteiger partial charge in [0.25, 0.3) is 5.91 Å². The number of hydrogen-bond donors (Lipinski definition) is 2. The molecular formula is C16H18N2O3. The molecule has 0 saturated heterocycles. The fraction of sp³-hybridized carbons (Fsp3) is 0.188. The van der Waals surface area contributed by atoms with Crippen LogP contribution in [0.15, 0.2) is 42.5 Å². The highest BCUT2D eigenvalue weighted by molar-refractivity contribution is 5.98. The molecule has 2 aromatic rings. The molecule has 0 spiro atoms. The van der Waals surface area contributed by atoms with Gasteiger partial charge in [0.2, 0.25) is 0 Å². The van der Waals surface area contributed by atoms with Gasteiger partial charge < -0.3 is 20.5 Å². The van der Waals surface area contributed by atoms with Gasteiger partial charge in [0.05, 0.1) is 25.5 Å². The summed E-state index contributed by atoms with van der Waals surface area (Å²) >= 11 is 0. The molecule has 0 aliphatic rings. The molecule has 21 heavy (non-hydrogen) atoms. The summed E-state index contributed by atoms with van der Waals surface area (Å²) < 4.78 is 10.3. The molecule has 0 fully saturated rings. The molecule has 110 valence electrons. The maximum absolute atomic E-state index is 12.2. The number of nitrogen functional groups attached to an aromatic ring is 1. The Hall–Kier alpha value is -2.69. The quantitative estimate of drug-likeness (QED) is 0.827. The van der Waals surface area contributed by atoms with Crippen LogP contribution in [0.1, 0.15) is 15.9 Å². The van der Waals surface area contributed by atoms with Crippen molar-refractivity contribution in [3.63, 3.8) is 0 Å². The van der Waals surface area contributed by atoms with E-state index in [-0.39, 0.29) is 5.91 Å². The average Bonchev–Trinajstić information content (AvgIpc) is 2.52. The zero-order chi connectivity index (χ0) is 15.2. The first-order valence-corrected chi connectivity index (χ1v) is 6.49. The number of anilines is 1. The number of para-hydroxylation sites is 1. The van der Waals surface area contributed by atoms with Crippen LogP contribution in [0.3, 0.4) is 0 Å². The van der Waals surface area contributed by atoms with Crippen LogP contribution < -0.4 is 20.5 Å². The van der Waals surface area contributed by atoms with E-state index >= 15 is 0 Å². The minimum atomic E-state index is -0.234. The highest BCUT2D eigenvalue weighted by Crippen LogP contribution is 2.25.